The van der Waals surface area contributed by atoms with Crippen molar-refractivity contribution in [2.75, 3.05) is 13.2 Å². The van der Waals surface area contributed by atoms with Crippen molar-refractivity contribution < 1.29 is 32.6 Å². The largest absolute Gasteiger partial charge is 0.477 e. The molecule has 0 spiro atoms. The van der Waals surface area contributed by atoms with Gasteiger partial charge in [0.1, 0.15) is 11.7 Å². The molecule has 0 saturated carbocycles. The number of carbonyl (C=O) groups is 2. The smallest absolute Gasteiger partial charge is 0.416 e. The number of aliphatic hydroxyl groups is 1. The molecule has 0 aliphatic carbocycles. The summed E-state index contributed by atoms with van der Waals surface area (Å²) in [5.41, 5.74) is 7.42. The molecule has 1 atom stereocenters. The second-order valence-corrected chi connectivity index (χ2v) is 10.5. The normalized spacial score (nSPS) is 12.1. The predicted octanol–water partition coefficient (Wildman–Crippen LogP) is 5.17. The molecule has 2 aromatic heterocycles. The lowest BCUT2D eigenvalue weighted by molar-refractivity contribution is -0.137. The first-order valence-electron chi connectivity index (χ1n) is 13.4. The number of rotatable bonds is 13. The van der Waals surface area contributed by atoms with Gasteiger partial charge in [0.05, 0.1) is 27.9 Å². The van der Waals surface area contributed by atoms with E-state index in [1.807, 2.05) is 6.07 Å². The molecule has 0 radical (unpaired) electrons. The van der Waals surface area contributed by atoms with E-state index < -0.39 is 29.6 Å². The average molecular weight is 650 g/mol. The van der Waals surface area contributed by atoms with Gasteiger partial charge in [0.25, 0.3) is 0 Å². The van der Waals surface area contributed by atoms with Crippen LogP contribution in [0.2, 0.25) is 10.0 Å². The number of alkyl halides is 3. The van der Waals surface area contributed by atoms with E-state index in [2.05, 4.69) is 10.3 Å². The first-order valence-corrected chi connectivity index (χ1v) is 14.2. The quantitative estimate of drug-likeness (QED) is 0.171. The summed E-state index contributed by atoms with van der Waals surface area (Å²) in [7, 11) is 0. The minimum Gasteiger partial charge on any atom is -0.477 e. The minimum atomic E-state index is -4.49. The van der Waals surface area contributed by atoms with Crippen LogP contribution < -0.4 is 15.8 Å². The summed E-state index contributed by atoms with van der Waals surface area (Å²) in [5.74, 6) is -0.987. The topological polar surface area (TPSA) is 132 Å². The first kappa shape index (κ1) is 32.8. The fourth-order valence-corrected chi connectivity index (χ4v) is 4.70. The number of pyridine rings is 1. The van der Waals surface area contributed by atoms with Crippen LogP contribution in [0.4, 0.5) is 13.2 Å². The van der Waals surface area contributed by atoms with Crippen LogP contribution in [0, 0.1) is 0 Å². The molecule has 0 aliphatic heterocycles. The van der Waals surface area contributed by atoms with Gasteiger partial charge in [0, 0.05) is 49.4 Å². The summed E-state index contributed by atoms with van der Waals surface area (Å²) in [6, 6.07) is 11.7. The van der Waals surface area contributed by atoms with Gasteiger partial charge in [-0.25, -0.2) is 4.68 Å². The zero-order valence-corrected chi connectivity index (χ0v) is 24.7. The zero-order chi connectivity index (χ0) is 31.9. The molecule has 44 heavy (non-hydrogen) atoms. The summed E-state index contributed by atoms with van der Waals surface area (Å²) in [4.78, 5) is 28.8. The van der Waals surface area contributed by atoms with Crippen molar-refractivity contribution >= 4 is 35.0 Å². The Balaban J connectivity index is 1.46. The maximum atomic E-state index is 12.8. The SMILES string of the molecule is NC(=O)[C@H](Cc1ccc(C(F)(F)F)cc1)NC(=O)CCCOc1c(CCO)c(-c2cccnc2)nn1-c1ccc(Cl)c(Cl)c1. The third-order valence-corrected chi connectivity index (χ3v) is 7.31. The molecule has 14 heteroatoms. The van der Waals surface area contributed by atoms with Crippen molar-refractivity contribution in [2.45, 2.75) is 37.9 Å². The van der Waals surface area contributed by atoms with Crippen LogP contribution in [-0.2, 0) is 28.6 Å². The van der Waals surface area contributed by atoms with Gasteiger partial charge >= 0.3 is 6.18 Å². The van der Waals surface area contributed by atoms with Crippen molar-refractivity contribution in [2.24, 2.45) is 5.73 Å². The van der Waals surface area contributed by atoms with E-state index in [9.17, 15) is 27.9 Å². The van der Waals surface area contributed by atoms with E-state index >= 15 is 0 Å². The Bertz CT molecular complexity index is 1600. The van der Waals surface area contributed by atoms with E-state index in [1.165, 1.54) is 16.8 Å². The highest BCUT2D eigenvalue weighted by molar-refractivity contribution is 6.42. The number of nitrogens with two attached hydrogens (primary N) is 1. The molecule has 0 bridgehead atoms. The third kappa shape index (κ3) is 8.28. The number of aliphatic hydroxyl groups excluding tert-OH is 1. The van der Waals surface area contributed by atoms with Crippen molar-refractivity contribution in [3.63, 3.8) is 0 Å². The number of nitrogens with one attached hydrogen (secondary N) is 1. The second kappa shape index (κ2) is 14.6. The fraction of sp³-hybridized carbons (Fsp3) is 0.267. The molecule has 9 nitrogen and oxygen atoms in total. The van der Waals surface area contributed by atoms with Crippen molar-refractivity contribution in [3.05, 3.63) is 93.7 Å². The highest BCUT2D eigenvalue weighted by atomic mass is 35.5. The molecular formula is C30H28Cl2F3N5O4. The van der Waals surface area contributed by atoms with Crippen LogP contribution in [0.1, 0.15) is 29.5 Å². The van der Waals surface area contributed by atoms with Crippen LogP contribution in [0.25, 0.3) is 16.9 Å². The Hall–Kier alpha value is -4.13. The molecule has 0 saturated heterocycles. The van der Waals surface area contributed by atoms with Crippen molar-refractivity contribution in [1.82, 2.24) is 20.1 Å². The fourth-order valence-electron chi connectivity index (χ4n) is 4.40. The number of primary amides is 1. The molecular weight excluding hydrogens is 622 g/mol. The molecule has 4 aromatic rings. The first-order chi connectivity index (χ1) is 21.0. The number of hydrogen-bond acceptors (Lipinski definition) is 6. The number of hydrogen-bond donors (Lipinski definition) is 3. The Morgan fingerprint density at radius 3 is 2.45 bits per heavy atom. The molecule has 2 heterocycles. The lowest BCUT2D eigenvalue weighted by Gasteiger charge is -2.16. The predicted molar refractivity (Wildman–Crippen MR) is 159 cm³/mol. The Kier molecular flexibility index (Phi) is 10.8. The molecule has 0 aliphatic rings. The van der Waals surface area contributed by atoms with Crippen LogP contribution in [0.5, 0.6) is 5.88 Å². The molecule has 4 rings (SSSR count). The van der Waals surface area contributed by atoms with Crippen molar-refractivity contribution in [1.29, 1.82) is 0 Å². The lowest BCUT2D eigenvalue weighted by atomic mass is 10.0. The van der Waals surface area contributed by atoms with Crippen LogP contribution in [0.3, 0.4) is 0 Å². The Morgan fingerprint density at radius 1 is 1.09 bits per heavy atom. The summed E-state index contributed by atoms with van der Waals surface area (Å²) in [6.45, 7) is -0.127. The monoisotopic (exact) mass is 649 g/mol. The summed E-state index contributed by atoms with van der Waals surface area (Å²) >= 11 is 12.4. The number of benzene rings is 2. The minimum absolute atomic E-state index is 0.0392. The van der Waals surface area contributed by atoms with E-state index in [1.54, 1.807) is 36.7 Å². The van der Waals surface area contributed by atoms with Gasteiger partial charge in [0.15, 0.2) is 0 Å². The molecule has 2 amide bonds. The summed E-state index contributed by atoms with van der Waals surface area (Å²) in [6.07, 6.45) is -0.897. The van der Waals surface area contributed by atoms with Crippen molar-refractivity contribution in [3.8, 4) is 22.8 Å². The number of amides is 2. The van der Waals surface area contributed by atoms with E-state index in [0.717, 1.165) is 12.1 Å². The van der Waals surface area contributed by atoms with E-state index in [4.69, 9.17) is 38.8 Å². The standard InChI is InChI=1S/C30H28Cl2F3N5O4/c31-23-10-9-21(16-24(23)32)40-29(22(11-13-41)27(39-40)19-3-1-12-37-17-19)44-14-2-4-26(42)38-25(28(36)43)15-18-5-7-20(8-6-18)30(33,34)35/h1,3,5-10,12,16-17,25,41H,2,4,11,13-15H2,(H2,36,43)(H,38,42)/t25-/m0/s1. The summed E-state index contributed by atoms with van der Waals surface area (Å²) in [5, 5.41) is 17.7. The third-order valence-electron chi connectivity index (χ3n) is 6.57. The van der Waals surface area contributed by atoms with Gasteiger partial charge < -0.3 is 20.9 Å². The van der Waals surface area contributed by atoms with Crippen LogP contribution in [0.15, 0.2) is 67.0 Å². The number of aromatic nitrogens is 3. The van der Waals surface area contributed by atoms with Gasteiger partial charge in [-0.3, -0.25) is 14.6 Å². The van der Waals surface area contributed by atoms with Crippen LogP contribution >= 0.6 is 23.2 Å². The van der Waals surface area contributed by atoms with Crippen LogP contribution in [-0.4, -0.2) is 50.9 Å². The Morgan fingerprint density at radius 2 is 1.84 bits per heavy atom. The number of carbonyl (C=O) groups excluding carboxylic acids is 2. The highest BCUT2D eigenvalue weighted by Crippen LogP contribution is 2.35. The van der Waals surface area contributed by atoms with Gasteiger partial charge in [-0.1, -0.05) is 35.3 Å². The molecule has 232 valence electrons. The average Bonchev–Trinajstić information content (AvgIpc) is 3.34. The maximum Gasteiger partial charge on any atom is 0.416 e. The Labute approximate surface area is 260 Å². The van der Waals surface area contributed by atoms with Gasteiger partial charge in [0.2, 0.25) is 17.7 Å². The molecule has 0 fully saturated rings. The zero-order valence-electron chi connectivity index (χ0n) is 23.2. The second-order valence-electron chi connectivity index (χ2n) is 9.73. The van der Waals surface area contributed by atoms with E-state index in [-0.39, 0.29) is 38.9 Å². The number of nitrogens with zero attached hydrogens (tertiary/aromatic N) is 3. The lowest BCUT2D eigenvalue weighted by Crippen LogP contribution is -2.45. The number of ether oxygens (including phenoxy) is 1. The summed E-state index contributed by atoms with van der Waals surface area (Å²) < 4.78 is 46.2. The number of halogens is 5. The van der Waals surface area contributed by atoms with Gasteiger partial charge in [-0.05, 0) is 54.4 Å². The maximum absolute atomic E-state index is 12.8. The van der Waals surface area contributed by atoms with Gasteiger partial charge in [-0.15, -0.1) is 0 Å². The van der Waals surface area contributed by atoms with Gasteiger partial charge in [-0.2, -0.15) is 18.3 Å². The molecule has 4 N–H and O–H groups in total. The van der Waals surface area contributed by atoms with E-state index in [0.29, 0.717) is 44.0 Å². The highest BCUT2D eigenvalue weighted by Gasteiger charge is 2.30. The molecule has 0 unspecified atom stereocenters. The molecule has 2 aromatic carbocycles.